The lowest BCUT2D eigenvalue weighted by atomic mass is 9.92. The molecule has 1 N–H and O–H groups in total. The number of rotatable bonds is 4. The minimum absolute atomic E-state index is 0.0504. The molecule has 1 amide bonds. The Morgan fingerprint density at radius 3 is 2.26 bits per heavy atom. The number of fused-ring (bicyclic) bond motifs is 3. The van der Waals surface area contributed by atoms with Crippen molar-refractivity contribution in [1.29, 1.82) is 0 Å². The summed E-state index contributed by atoms with van der Waals surface area (Å²) >= 11 is 1.35. The monoisotopic (exact) mass is 487 g/mol. The van der Waals surface area contributed by atoms with Crippen LogP contribution in [0.3, 0.4) is 0 Å². The summed E-state index contributed by atoms with van der Waals surface area (Å²) in [5.74, 6) is -11.5. The highest BCUT2D eigenvalue weighted by molar-refractivity contribution is 7.13. The van der Waals surface area contributed by atoms with E-state index in [1.165, 1.54) is 11.3 Å². The summed E-state index contributed by atoms with van der Waals surface area (Å²) in [4.78, 5) is 22.6. The first kappa shape index (κ1) is 22.1. The Balaban J connectivity index is 1.53. The lowest BCUT2D eigenvalue weighted by Crippen LogP contribution is -2.21. The minimum Gasteiger partial charge on any atom is -0.309 e. The normalized spacial score (nSPS) is 12.3. The maximum atomic E-state index is 14.0. The van der Waals surface area contributed by atoms with Crippen LogP contribution in [-0.4, -0.2) is 15.9 Å². The largest absolute Gasteiger partial charge is 0.309 e. The third-order valence-corrected chi connectivity index (χ3v) is 6.40. The van der Waals surface area contributed by atoms with Gasteiger partial charge in [0.2, 0.25) is 11.7 Å². The molecule has 0 aliphatic heterocycles. The van der Waals surface area contributed by atoms with E-state index in [-0.39, 0.29) is 5.82 Å². The maximum absolute atomic E-state index is 14.0. The Hall–Kier alpha value is -3.66. The molecule has 0 spiro atoms. The van der Waals surface area contributed by atoms with Gasteiger partial charge in [-0.15, -0.1) is 11.3 Å². The molecule has 0 saturated carbocycles. The van der Waals surface area contributed by atoms with Gasteiger partial charge in [-0.25, -0.2) is 31.9 Å². The predicted molar refractivity (Wildman–Crippen MR) is 117 cm³/mol. The second kappa shape index (κ2) is 8.60. The van der Waals surface area contributed by atoms with E-state index in [1.807, 2.05) is 29.6 Å². The van der Waals surface area contributed by atoms with E-state index in [2.05, 4.69) is 10.3 Å². The first-order valence-electron chi connectivity index (χ1n) is 10.2. The zero-order valence-corrected chi connectivity index (χ0v) is 18.1. The van der Waals surface area contributed by atoms with Gasteiger partial charge in [-0.3, -0.25) is 4.79 Å². The number of anilines is 1. The Labute approximate surface area is 194 Å². The van der Waals surface area contributed by atoms with Gasteiger partial charge in [0, 0.05) is 11.1 Å². The van der Waals surface area contributed by atoms with Crippen molar-refractivity contribution in [2.75, 3.05) is 5.32 Å². The quantitative estimate of drug-likeness (QED) is 0.223. The van der Waals surface area contributed by atoms with E-state index in [1.54, 1.807) is 12.1 Å². The number of hydrogen-bond acceptors (Lipinski definition) is 4. The number of hydrogen-bond donors (Lipinski definition) is 1. The second-order valence-electron chi connectivity index (χ2n) is 7.62. The number of benzene rings is 2. The van der Waals surface area contributed by atoms with Gasteiger partial charge in [0.25, 0.3) is 0 Å². The van der Waals surface area contributed by atoms with Crippen LogP contribution in [0.2, 0.25) is 0 Å². The molecule has 0 bridgehead atoms. The molecule has 4 nitrogen and oxygen atoms in total. The topological polar surface area (TPSA) is 54.9 Å². The number of nitrogens with one attached hydrogen (secondary N) is 1. The summed E-state index contributed by atoms with van der Waals surface area (Å²) in [6.07, 6.45) is 0.204. The van der Waals surface area contributed by atoms with Crippen molar-refractivity contribution in [2.24, 2.45) is 0 Å². The zero-order valence-electron chi connectivity index (χ0n) is 17.3. The Morgan fingerprint density at radius 1 is 0.853 bits per heavy atom. The summed E-state index contributed by atoms with van der Waals surface area (Å²) in [5.41, 5.74) is 2.47. The van der Waals surface area contributed by atoms with Gasteiger partial charge in [-0.1, -0.05) is 30.3 Å². The molecular weight excluding hydrogens is 473 g/mol. The van der Waals surface area contributed by atoms with Crippen molar-refractivity contribution in [3.63, 3.8) is 0 Å². The number of nitrogens with zero attached hydrogens (tertiary/aromatic N) is 2. The molecule has 0 unspecified atom stereocenters. The summed E-state index contributed by atoms with van der Waals surface area (Å²) in [6, 6.07) is 11.3. The van der Waals surface area contributed by atoms with Crippen molar-refractivity contribution in [3.8, 4) is 21.8 Å². The molecular formula is C24H14F5N3OS. The molecule has 0 fully saturated rings. The maximum Gasteiger partial charge on any atom is 0.230 e. The van der Waals surface area contributed by atoms with Crippen LogP contribution in [-0.2, 0) is 24.1 Å². The molecule has 0 atom stereocenters. The van der Waals surface area contributed by atoms with Gasteiger partial charge in [0.05, 0.1) is 22.7 Å². The lowest BCUT2D eigenvalue weighted by molar-refractivity contribution is -0.115. The van der Waals surface area contributed by atoms with Gasteiger partial charge in [-0.2, -0.15) is 0 Å². The smallest absolute Gasteiger partial charge is 0.230 e. The van der Waals surface area contributed by atoms with Crippen molar-refractivity contribution >= 4 is 23.1 Å². The number of aromatic nitrogens is 2. The third-order valence-electron chi connectivity index (χ3n) is 5.52. The SMILES string of the molecule is O=C(Cc1c(F)c(F)c(F)c(F)c1F)Nc1nc2c(nc1-c1cccs1)-c1ccccc1CC2. The fraction of sp³-hybridized carbons (Fsp3) is 0.125. The van der Waals surface area contributed by atoms with Crippen LogP contribution in [0, 0.1) is 29.1 Å². The van der Waals surface area contributed by atoms with Crippen LogP contribution in [0.4, 0.5) is 27.8 Å². The molecule has 1 aliphatic rings. The van der Waals surface area contributed by atoms with Crippen molar-refractivity contribution < 1.29 is 26.7 Å². The highest BCUT2D eigenvalue weighted by Crippen LogP contribution is 2.37. The number of aryl methyl sites for hydroxylation is 2. The summed E-state index contributed by atoms with van der Waals surface area (Å²) in [7, 11) is 0. The highest BCUT2D eigenvalue weighted by atomic mass is 32.1. The number of halogens is 5. The first-order valence-corrected chi connectivity index (χ1v) is 11.1. The van der Waals surface area contributed by atoms with Crippen LogP contribution in [0.25, 0.3) is 21.8 Å². The fourth-order valence-corrected chi connectivity index (χ4v) is 4.61. The van der Waals surface area contributed by atoms with E-state index in [4.69, 9.17) is 4.98 Å². The molecule has 34 heavy (non-hydrogen) atoms. The van der Waals surface area contributed by atoms with Crippen LogP contribution in [0.15, 0.2) is 41.8 Å². The Kier molecular flexibility index (Phi) is 5.60. The Morgan fingerprint density at radius 2 is 1.56 bits per heavy atom. The van der Waals surface area contributed by atoms with Crippen LogP contribution >= 0.6 is 11.3 Å². The Bertz CT molecular complexity index is 1410. The summed E-state index contributed by atoms with van der Waals surface area (Å²) in [6.45, 7) is 0. The second-order valence-corrected chi connectivity index (χ2v) is 8.57. The molecule has 0 saturated heterocycles. The molecule has 2 aromatic heterocycles. The molecule has 10 heteroatoms. The van der Waals surface area contributed by atoms with Crippen molar-refractivity contribution in [1.82, 2.24) is 9.97 Å². The van der Waals surface area contributed by atoms with Gasteiger partial charge < -0.3 is 5.32 Å². The van der Waals surface area contributed by atoms with E-state index in [9.17, 15) is 26.7 Å². The lowest BCUT2D eigenvalue weighted by Gasteiger charge is -2.20. The average molecular weight is 487 g/mol. The van der Waals surface area contributed by atoms with Crippen LogP contribution < -0.4 is 5.32 Å². The van der Waals surface area contributed by atoms with Gasteiger partial charge >= 0.3 is 0 Å². The fourth-order valence-electron chi connectivity index (χ4n) is 3.90. The number of thiophene rings is 1. The molecule has 2 aromatic carbocycles. The van der Waals surface area contributed by atoms with Gasteiger partial charge in [0.1, 0.15) is 5.69 Å². The minimum atomic E-state index is -2.28. The van der Waals surface area contributed by atoms with Crippen LogP contribution in [0.1, 0.15) is 16.8 Å². The first-order chi connectivity index (χ1) is 16.3. The number of amides is 1. The van der Waals surface area contributed by atoms with E-state index in [0.717, 1.165) is 11.1 Å². The number of carbonyl (C=O) groups excluding carboxylic acids is 1. The molecule has 4 aromatic rings. The van der Waals surface area contributed by atoms with E-state index >= 15 is 0 Å². The summed E-state index contributed by atoms with van der Waals surface area (Å²) in [5, 5.41) is 4.26. The molecule has 172 valence electrons. The predicted octanol–water partition coefficient (Wildman–Crippen LogP) is 5.85. The molecule has 1 aliphatic carbocycles. The van der Waals surface area contributed by atoms with Crippen LogP contribution in [0.5, 0.6) is 0 Å². The van der Waals surface area contributed by atoms with Gasteiger partial charge in [-0.05, 0) is 29.9 Å². The third kappa shape index (κ3) is 3.73. The van der Waals surface area contributed by atoms with Gasteiger partial charge in [0.15, 0.2) is 29.1 Å². The summed E-state index contributed by atoms with van der Waals surface area (Å²) < 4.78 is 68.5. The standard InChI is InChI=1S/C24H14F5N3OS/c25-17-13(18(26)20(28)21(29)19(17)27)10-16(33)31-24-23(15-6-3-9-34-15)32-22-12-5-2-1-4-11(12)7-8-14(22)30-24/h1-6,9H,7-8,10H2,(H,30,31,33). The molecule has 0 radical (unpaired) electrons. The average Bonchev–Trinajstić information content (AvgIpc) is 3.38. The van der Waals surface area contributed by atoms with Crippen molar-refractivity contribution in [3.05, 3.63) is 87.7 Å². The highest BCUT2D eigenvalue weighted by Gasteiger charge is 2.28. The van der Waals surface area contributed by atoms with E-state index < -0.39 is 47.0 Å². The zero-order chi connectivity index (χ0) is 24.0. The van der Waals surface area contributed by atoms with E-state index in [0.29, 0.717) is 34.8 Å². The number of carbonyl (C=O) groups is 1. The molecule has 5 rings (SSSR count). The molecule has 2 heterocycles. The van der Waals surface area contributed by atoms with Crippen molar-refractivity contribution in [2.45, 2.75) is 19.3 Å².